The monoisotopic (exact) mass is 306 g/mol. The van der Waals surface area contributed by atoms with Gasteiger partial charge in [0.05, 0.1) is 16.6 Å². The number of pyridine rings is 1. The Morgan fingerprint density at radius 3 is 3.05 bits per heavy atom. The summed E-state index contributed by atoms with van der Waals surface area (Å²) in [5, 5.41) is 10.9. The molecule has 1 aliphatic heterocycles. The fourth-order valence-corrected chi connectivity index (χ4v) is 3.13. The van der Waals surface area contributed by atoms with Crippen LogP contribution in [-0.2, 0) is 6.54 Å². The van der Waals surface area contributed by atoms with Gasteiger partial charge in [-0.25, -0.2) is 0 Å². The fraction of sp³-hybridized carbons (Fsp3) is 0.438. The van der Waals surface area contributed by atoms with Crippen molar-refractivity contribution in [2.45, 2.75) is 31.9 Å². The highest BCUT2D eigenvalue weighted by atomic mass is 35.5. The second-order valence-electron chi connectivity index (χ2n) is 5.68. The molecule has 0 aliphatic carbocycles. The van der Waals surface area contributed by atoms with Crippen molar-refractivity contribution in [2.75, 3.05) is 13.1 Å². The van der Waals surface area contributed by atoms with Crippen molar-refractivity contribution < 1.29 is 5.11 Å². The third-order valence-corrected chi connectivity index (χ3v) is 4.37. The molecule has 2 N–H and O–H groups in total. The molecule has 0 saturated carbocycles. The van der Waals surface area contributed by atoms with Gasteiger partial charge in [-0.2, -0.15) is 0 Å². The predicted octanol–water partition coefficient (Wildman–Crippen LogP) is 2.53. The van der Waals surface area contributed by atoms with Crippen molar-refractivity contribution in [2.24, 2.45) is 0 Å². The highest BCUT2D eigenvalue weighted by Gasteiger charge is 2.15. The topological polar surface area (TPSA) is 56.3 Å². The number of benzene rings is 1. The number of nitrogens with one attached hydrogen (secondary N) is 1. The standard InChI is InChI=1S/C16H19ClN2O2/c17-14-5-1-4-13-15(21)9-11(18-16(13)14)10-19-7-2-3-12(20)6-8-19/h1,4-5,9,12,20H,2-3,6-8,10H2,(H,18,21)/t12-/m1/s1. The summed E-state index contributed by atoms with van der Waals surface area (Å²) in [7, 11) is 0. The number of H-pyrrole nitrogens is 1. The Hall–Kier alpha value is -1.36. The molecule has 1 aliphatic rings. The molecule has 0 spiro atoms. The van der Waals surface area contributed by atoms with Crippen molar-refractivity contribution in [1.82, 2.24) is 9.88 Å². The maximum Gasteiger partial charge on any atom is 0.189 e. The zero-order valence-electron chi connectivity index (χ0n) is 11.8. The number of likely N-dealkylation sites (tertiary alicyclic amines) is 1. The summed E-state index contributed by atoms with van der Waals surface area (Å²) >= 11 is 6.17. The van der Waals surface area contributed by atoms with E-state index in [0.29, 0.717) is 22.5 Å². The van der Waals surface area contributed by atoms with Gasteiger partial charge in [-0.3, -0.25) is 9.69 Å². The van der Waals surface area contributed by atoms with Gasteiger partial charge >= 0.3 is 0 Å². The van der Waals surface area contributed by atoms with Crippen LogP contribution in [0, 0.1) is 0 Å². The second-order valence-corrected chi connectivity index (χ2v) is 6.09. The van der Waals surface area contributed by atoms with Crippen molar-refractivity contribution in [3.63, 3.8) is 0 Å². The molecule has 0 bridgehead atoms. The molecule has 1 aromatic carbocycles. The number of hydrogen-bond acceptors (Lipinski definition) is 3. The lowest BCUT2D eigenvalue weighted by Crippen LogP contribution is -2.25. The largest absolute Gasteiger partial charge is 0.393 e. The van der Waals surface area contributed by atoms with E-state index >= 15 is 0 Å². The summed E-state index contributed by atoms with van der Waals surface area (Å²) in [6.45, 7) is 2.48. The highest BCUT2D eigenvalue weighted by molar-refractivity contribution is 6.35. The molecule has 1 saturated heterocycles. The number of aromatic nitrogens is 1. The molecule has 0 radical (unpaired) electrons. The number of fused-ring (bicyclic) bond motifs is 1. The lowest BCUT2D eigenvalue weighted by Gasteiger charge is -2.20. The van der Waals surface area contributed by atoms with Gasteiger partial charge in [-0.1, -0.05) is 17.7 Å². The van der Waals surface area contributed by atoms with Crippen LogP contribution in [0.25, 0.3) is 10.9 Å². The van der Waals surface area contributed by atoms with Gasteiger partial charge in [0, 0.05) is 30.2 Å². The van der Waals surface area contributed by atoms with E-state index in [2.05, 4.69) is 9.88 Å². The molecule has 1 fully saturated rings. The number of para-hydroxylation sites is 1. The zero-order valence-corrected chi connectivity index (χ0v) is 12.6. The van der Waals surface area contributed by atoms with Crippen LogP contribution in [0.15, 0.2) is 29.1 Å². The van der Waals surface area contributed by atoms with Crippen molar-refractivity contribution >= 4 is 22.5 Å². The number of halogens is 1. The van der Waals surface area contributed by atoms with Gasteiger partial charge in [0.2, 0.25) is 0 Å². The summed E-state index contributed by atoms with van der Waals surface area (Å²) in [5.74, 6) is 0. The Balaban J connectivity index is 1.87. The summed E-state index contributed by atoms with van der Waals surface area (Å²) < 4.78 is 0. The van der Waals surface area contributed by atoms with E-state index in [1.807, 2.05) is 0 Å². The molecule has 1 aromatic heterocycles. The number of hydrogen-bond donors (Lipinski definition) is 2. The van der Waals surface area contributed by atoms with Gasteiger partial charge in [0.25, 0.3) is 0 Å². The van der Waals surface area contributed by atoms with Crippen LogP contribution >= 0.6 is 11.6 Å². The first-order valence-electron chi connectivity index (χ1n) is 7.34. The predicted molar refractivity (Wildman–Crippen MR) is 84.7 cm³/mol. The molecule has 0 amide bonds. The Morgan fingerprint density at radius 2 is 2.19 bits per heavy atom. The molecule has 4 nitrogen and oxygen atoms in total. The summed E-state index contributed by atoms with van der Waals surface area (Å²) in [5.41, 5.74) is 1.57. The maximum absolute atomic E-state index is 12.2. The Kier molecular flexibility index (Phi) is 4.29. The van der Waals surface area contributed by atoms with Crippen LogP contribution in [0.4, 0.5) is 0 Å². The van der Waals surface area contributed by atoms with E-state index < -0.39 is 0 Å². The zero-order chi connectivity index (χ0) is 14.8. The van der Waals surface area contributed by atoms with Crippen LogP contribution < -0.4 is 5.43 Å². The highest BCUT2D eigenvalue weighted by Crippen LogP contribution is 2.20. The molecule has 21 heavy (non-hydrogen) atoms. The first kappa shape index (κ1) is 14.6. The number of aromatic amines is 1. The first-order chi connectivity index (χ1) is 10.1. The minimum absolute atomic E-state index is 0.00360. The Bertz CT molecular complexity index is 698. The first-order valence-corrected chi connectivity index (χ1v) is 7.72. The van der Waals surface area contributed by atoms with Crippen LogP contribution in [-0.4, -0.2) is 34.2 Å². The third kappa shape index (κ3) is 3.28. The van der Waals surface area contributed by atoms with E-state index in [1.165, 1.54) is 0 Å². The summed E-state index contributed by atoms with van der Waals surface area (Å²) in [4.78, 5) is 17.7. The number of nitrogens with zero attached hydrogens (tertiary/aromatic N) is 1. The number of aliphatic hydroxyl groups excluding tert-OH is 1. The summed E-state index contributed by atoms with van der Waals surface area (Å²) in [6, 6.07) is 7.01. The molecule has 2 aromatic rings. The number of aliphatic hydroxyl groups is 1. The molecular weight excluding hydrogens is 288 g/mol. The van der Waals surface area contributed by atoms with Crippen LogP contribution in [0.3, 0.4) is 0 Å². The Labute approximate surface area is 128 Å². The maximum atomic E-state index is 12.2. The molecule has 1 atom stereocenters. The number of rotatable bonds is 2. The van der Waals surface area contributed by atoms with Crippen molar-refractivity contribution in [3.8, 4) is 0 Å². The average molecular weight is 307 g/mol. The van der Waals surface area contributed by atoms with Gasteiger partial charge in [-0.15, -0.1) is 0 Å². The minimum atomic E-state index is -0.194. The minimum Gasteiger partial charge on any atom is -0.393 e. The van der Waals surface area contributed by atoms with Gasteiger partial charge < -0.3 is 10.1 Å². The van der Waals surface area contributed by atoms with E-state index in [0.717, 1.165) is 38.0 Å². The van der Waals surface area contributed by atoms with Crippen LogP contribution in [0.1, 0.15) is 25.0 Å². The third-order valence-electron chi connectivity index (χ3n) is 4.05. The lowest BCUT2D eigenvalue weighted by atomic mass is 10.2. The lowest BCUT2D eigenvalue weighted by molar-refractivity contribution is 0.154. The van der Waals surface area contributed by atoms with Gasteiger partial charge in [-0.05, 0) is 37.9 Å². The molecule has 3 rings (SSSR count). The van der Waals surface area contributed by atoms with E-state index in [9.17, 15) is 9.90 Å². The summed E-state index contributed by atoms with van der Waals surface area (Å²) in [6.07, 6.45) is 2.44. The second kappa shape index (κ2) is 6.18. The van der Waals surface area contributed by atoms with Crippen molar-refractivity contribution in [3.05, 3.63) is 45.2 Å². The quantitative estimate of drug-likeness (QED) is 0.896. The molecule has 0 unspecified atom stereocenters. The SMILES string of the molecule is O=c1cc(CN2CCC[C@@H](O)CC2)[nH]c2c(Cl)cccc12. The molecule has 2 heterocycles. The normalized spacial score (nSPS) is 20.6. The van der Waals surface area contributed by atoms with Crippen molar-refractivity contribution in [1.29, 1.82) is 0 Å². The molecule has 5 heteroatoms. The average Bonchev–Trinajstić information content (AvgIpc) is 2.65. The van der Waals surface area contributed by atoms with Crippen LogP contribution in [0.5, 0.6) is 0 Å². The van der Waals surface area contributed by atoms with E-state index in [1.54, 1.807) is 24.3 Å². The van der Waals surface area contributed by atoms with Crippen LogP contribution in [0.2, 0.25) is 5.02 Å². The molecule has 112 valence electrons. The van der Waals surface area contributed by atoms with E-state index in [4.69, 9.17) is 11.6 Å². The van der Waals surface area contributed by atoms with E-state index in [-0.39, 0.29) is 11.5 Å². The van der Waals surface area contributed by atoms with Gasteiger partial charge in [0.1, 0.15) is 0 Å². The Morgan fingerprint density at radius 1 is 1.33 bits per heavy atom. The van der Waals surface area contributed by atoms with Gasteiger partial charge in [0.15, 0.2) is 5.43 Å². The smallest absolute Gasteiger partial charge is 0.189 e. The molecular formula is C16H19ClN2O2. The fourth-order valence-electron chi connectivity index (χ4n) is 2.91.